The highest BCUT2D eigenvalue weighted by Gasteiger charge is 2.07. The molecule has 0 unspecified atom stereocenters. The lowest BCUT2D eigenvalue weighted by atomic mass is 10.1. The zero-order valence-electron chi connectivity index (χ0n) is 6.71. The Kier molecular flexibility index (Phi) is 1.91. The lowest BCUT2D eigenvalue weighted by molar-refractivity contribution is 1.26. The Balaban J connectivity index is 2.74. The molecule has 64 valence electrons. The van der Waals surface area contributed by atoms with Crippen LogP contribution in [-0.2, 0) is 6.42 Å². The molecule has 0 atom stereocenters. The highest BCUT2D eigenvalue weighted by molar-refractivity contribution is 6.32. The molecule has 3 nitrogen and oxygen atoms in total. The molecule has 1 heterocycles. The Morgan fingerprint density at radius 3 is 3.15 bits per heavy atom. The zero-order valence-corrected chi connectivity index (χ0v) is 7.47. The van der Waals surface area contributed by atoms with Gasteiger partial charge in [0.1, 0.15) is 0 Å². The number of hydrogen-bond acceptors (Lipinski definition) is 2. The maximum Gasteiger partial charge on any atom is 0.0939 e. The number of nitrogens with zero attached hydrogens (tertiary/aromatic N) is 2. The molecule has 0 fully saturated rings. The summed E-state index contributed by atoms with van der Waals surface area (Å²) in [6.45, 7) is 0. The van der Waals surface area contributed by atoms with E-state index >= 15 is 0 Å². The van der Waals surface area contributed by atoms with Crippen molar-refractivity contribution >= 4 is 22.6 Å². The fourth-order valence-electron chi connectivity index (χ4n) is 1.29. The third kappa shape index (κ3) is 1.25. The van der Waals surface area contributed by atoms with E-state index < -0.39 is 0 Å². The fraction of sp³-hybridized carbons (Fsp3) is 0.111. The maximum atomic E-state index is 8.59. The minimum Gasteiger partial charge on any atom is -0.345 e. The number of imidazole rings is 1. The van der Waals surface area contributed by atoms with Crippen LogP contribution in [0.3, 0.4) is 0 Å². The molecule has 0 amide bonds. The van der Waals surface area contributed by atoms with Gasteiger partial charge >= 0.3 is 0 Å². The lowest BCUT2D eigenvalue weighted by Crippen LogP contribution is -1.85. The van der Waals surface area contributed by atoms with Crippen LogP contribution < -0.4 is 0 Å². The van der Waals surface area contributed by atoms with Crippen molar-refractivity contribution in [2.24, 2.45) is 0 Å². The van der Waals surface area contributed by atoms with Crippen molar-refractivity contribution in [3.8, 4) is 6.07 Å². The van der Waals surface area contributed by atoms with E-state index in [0.717, 1.165) is 16.6 Å². The molecule has 0 bridgehead atoms. The Labute approximate surface area is 80.0 Å². The Morgan fingerprint density at radius 1 is 1.54 bits per heavy atom. The predicted octanol–water partition coefficient (Wildman–Crippen LogP) is 2.28. The number of rotatable bonds is 1. The molecule has 1 aromatic heterocycles. The average molecular weight is 192 g/mol. The molecule has 0 saturated heterocycles. The second-order valence-corrected chi connectivity index (χ2v) is 3.07. The third-order valence-corrected chi connectivity index (χ3v) is 2.25. The Hall–Kier alpha value is -1.53. The van der Waals surface area contributed by atoms with E-state index in [-0.39, 0.29) is 0 Å². The van der Waals surface area contributed by atoms with Crippen molar-refractivity contribution in [3.05, 3.63) is 29.0 Å². The average Bonchev–Trinajstić information content (AvgIpc) is 2.58. The van der Waals surface area contributed by atoms with Gasteiger partial charge in [0.2, 0.25) is 0 Å². The summed E-state index contributed by atoms with van der Waals surface area (Å²) in [7, 11) is 0. The van der Waals surface area contributed by atoms with Crippen LogP contribution in [0.25, 0.3) is 11.0 Å². The SMILES string of the molecule is N#CCc1c(Cl)ccc2[nH]cnc12. The van der Waals surface area contributed by atoms with Crippen LogP contribution in [0, 0.1) is 11.3 Å². The quantitative estimate of drug-likeness (QED) is 0.752. The summed E-state index contributed by atoms with van der Waals surface area (Å²) in [6.07, 6.45) is 1.89. The van der Waals surface area contributed by atoms with Crippen molar-refractivity contribution in [2.75, 3.05) is 0 Å². The summed E-state index contributed by atoms with van der Waals surface area (Å²) in [6, 6.07) is 5.69. The van der Waals surface area contributed by atoms with Gasteiger partial charge in [-0.1, -0.05) is 11.6 Å². The van der Waals surface area contributed by atoms with Gasteiger partial charge in [0.05, 0.1) is 29.9 Å². The van der Waals surface area contributed by atoms with E-state index in [0.29, 0.717) is 11.4 Å². The number of nitriles is 1. The van der Waals surface area contributed by atoms with Gasteiger partial charge in [0.15, 0.2) is 0 Å². The molecule has 0 radical (unpaired) electrons. The van der Waals surface area contributed by atoms with Crippen molar-refractivity contribution in [1.82, 2.24) is 9.97 Å². The Bertz CT molecular complexity index is 481. The number of aromatic nitrogens is 2. The second kappa shape index (κ2) is 3.08. The first-order valence-electron chi connectivity index (χ1n) is 3.80. The number of aromatic amines is 1. The number of fused-ring (bicyclic) bond motifs is 1. The molecule has 13 heavy (non-hydrogen) atoms. The van der Waals surface area contributed by atoms with E-state index in [4.69, 9.17) is 16.9 Å². The number of halogens is 1. The van der Waals surface area contributed by atoms with Crippen LogP contribution in [0.15, 0.2) is 18.5 Å². The zero-order chi connectivity index (χ0) is 9.26. The maximum absolute atomic E-state index is 8.59. The van der Waals surface area contributed by atoms with E-state index in [2.05, 4.69) is 16.0 Å². The summed E-state index contributed by atoms with van der Waals surface area (Å²) < 4.78 is 0. The second-order valence-electron chi connectivity index (χ2n) is 2.66. The van der Waals surface area contributed by atoms with Gasteiger partial charge in [-0.15, -0.1) is 0 Å². The topological polar surface area (TPSA) is 52.5 Å². The molecule has 1 N–H and O–H groups in total. The van der Waals surface area contributed by atoms with Crippen LogP contribution in [0.1, 0.15) is 5.56 Å². The number of H-pyrrole nitrogens is 1. The molecular weight excluding hydrogens is 186 g/mol. The minimum atomic E-state index is 0.293. The summed E-state index contributed by atoms with van der Waals surface area (Å²) in [5.41, 5.74) is 2.49. The largest absolute Gasteiger partial charge is 0.345 e. The van der Waals surface area contributed by atoms with Gasteiger partial charge in [-0.05, 0) is 12.1 Å². The molecule has 0 spiro atoms. The summed E-state index contributed by atoms with van der Waals surface area (Å²) >= 11 is 5.93. The molecule has 4 heteroatoms. The molecular formula is C9H6ClN3. The lowest BCUT2D eigenvalue weighted by Gasteiger charge is -1.99. The third-order valence-electron chi connectivity index (χ3n) is 1.90. The van der Waals surface area contributed by atoms with Crippen LogP contribution in [-0.4, -0.2) is 9.97 Å². The molecule has 2 rings (SSSR count). The minimum absolute atomic E-state index is 0.293. The number of hydrogen-bond donors (Lipinski definition) is 1. The van der Waals surface area contributed by atoms with Crippen LogP contribution in [0.4, 0.5) is 0 Å². The first kappa shape index (κ1) is 8.09. The summed E-state index contributed by atoms with van der Waals surface area (Å²) in [4.78, 5) is 7.07. The Morgan fingerprint density at radius 2 is 2.38 bits per heavy atom. The van der Waals surface area contributed by atoms with E-state index in [1.54, 1.807) is 12.4 Å². The number of benzene rings is 1. The standard InChI is InChI=1S/C9H6ClN3/c10-7-1-2-8-9(13-5-12-8)6(7)3-4-11/h1-2,5H,3H2,(H,12,13). The van der Waals surface area contributed by atoms with E-state index in [1.165, 1.54) is 0 Å². The molecule has 0 aliphatic rings. The van der Waals surface area contributed by atoms with E-state index in [9.17, 15) is 0 Å². The highest BCUT2D eigenvalue weighted by atomic mass is 35.5. The molecule has 0 aliphatic carbocycles. The predicted molar refractivity (Wildman–Crippen MR) is 50.4 cm³/mol. The monoisotopic (exact) mass is 191 g/mol. The van der Waals surface area contributed by atoms with Gasteiger partial charge in [-0.3, -0.25) is 0 Å². The highest BCUT2D eigenvalue weighted by Crippen LogP contribution is 2.23. The van der Waals surface area contributed by atoms with Gasteiger partial charge in [-0.2, -0.15) is 5.26 Å². The van der Waals surface area contributed by atoms with Crippen LogP contribution in [0.5, 0.6) is 0 Å². The smallest absolute Gasteiger partial charge is 0.0939 e. The van der Waals surface area contributed by atoms with Gasteiger partial charge in [-0.25, -0.2) is 4.98 Å². The molecule has 0 aliphatic heterocycles. The summed E-state index contributed by atoms with van der Waals surface area (Å²) in [5, 5.41) is 9.19. The number of nitrogens with one attached hydrogen (secondary N) is 1. The molecule has 0 saturated carbocycles. The van der Waals surface area contributed by atoms with Gasteiger partial charge in [0.25, 0.3) is 0 Å². The summed E-state index contributed by atoms with van der Waals surface area (Å²) in [5.74, 6) is 0. The van der Waals surface area contributed by atoms with E-state index in [1.807, 2.05) is 6.07 Å². The first-order chi connectivity index (χ1) is 6.33. The fourth-order valence-corrected chi connectivity index (χ4v) is 1.51. The van der Waals surface area contributed by atoms with Crippen molar-refractivity contribution < 1.29 is 0 Å². The first-order valence-corrected chi connectivity index (χ1v) is 4.18. The normalized spacial score (nSPS) is 10.2. The van der Waals surface area contributed by atoms with Crippen molar-refractivity contribution in [3.63, 3.8) is 0 Å². The molecule has 1 aromatic carbocycles. The van der Waals surface area contributed by atoms with Crippen molar-refractivity contribution in [2.45, 2.75) is 6.42 Å². The van der Waals surface area contributed by atoms with Crippen LogP contribution >= 0.6 is 11.6 Å². The van der Waals surface area contributed by atoms with Gasteiger partial charge < -0.3 is 4.98 Å². The van der Waals surface area contributed by atoms with Crippen molar-refractivity contribution in [1.29, 1.82) is 5.26 Å². The molecule has 2 aromatic rings. The van der Waals surface area contributed by atoms with Gasteiger partial charge in [0, 0.05) is 10.6 Å². The van der Waals surface area contributed by atoms with Crippen LogP contribution in [0.2, 0.25) is 5.02 Å².